The lowest BCUT2D eigenvalue weighted by Gasteiger charge is -2.14. The van der Waals surface area contributed by atoms with Gasteiger partial charge in [0, 0.05) is 41.2 Å². The summed E-state index contributed by atoms with van der Waals surface area (Å²) in [5.74, 6) is 0.916. The Morgan fingerprint density at radius 1 is 1.00 bits per heavy atom. The molecule has 1 saturated heterocycles. The molecule has 0 radical (unpaired) electrons. The van der Waals surface area contributed by atoms with E-state index in [1.54, 1.807) is 0 Å². The third kappa shape index (κ3) is 3.48. The van der Waals surface area contributed by atoms with E-state index in [0.717, 1.165) is 59.9 Å². The van der Waals surface area contributed by atoms with Crippen molar-refractivity contribution in [1.82, 2.24) is 14.5 Å². The lowest BCUT2D eigenvalue weighted by molar-refractivity contribution is 0.0962. The zero-order chi connectivity index (χ0) is 20.5. The quantitative estimate of drug-likeness (QED) is 0.448. The van der Waals surface area contributed by atoms with E-state index in [4.69, 9.17) is 9.72 Å². The minimum absolute atomic E-state index is 0.319. The van der Waals surface area contributed by atoms with Crippen molar-refractivity contribution in [3.63, 3.8) is 0 Å². The van der Waals surface area contributed by atoms with Crippen LogP contribution in [0.3, 0.4) is 0 Å². The number of hydrogen-bond acceptors (Lipinski definition) is 2. The van der Waals surface area contributed by atoms with Crippen LogP contribution in [0.4, 0.5) is 0 Å². The number of H-pyrrole nitrogens is 1. The molecule has 3 heterocycles. The first-order valence-corrected chi connectivity index (χ1v) is 10.7. The molecule has 0 unspecified atom stereocenters. The van der Waals surface area contributed by atoms with Crippen molar-refractivity contribution in [1.29, 1.82) is 0 Å². The number of ether oxygens (including phenoxy) is 1. The molecule has 0 saturated carbocycles. The van der Waals surface area contributed by atoms with E-state index in [1.165, 1.54) is 11.4 Å². The monoisotopic (exact) mass is 397 g/mol. The number of rotatable bonds is 5. The Balaban J connectivity index is 1.59. The molecule has 2 aromatic carbocycles. The predicted octanol–water partition coefficient (Wildman–Crippen LogP) is 6.01. The fourth-order valence-corrected chi connectivity index (χ4v) is 4.43. The first kappa shape index (κ1) is 18.9. The number of aryl methyl sites for hydroxylation is 1. The van der Waals surface area contributed by atoms with Gasteiger partial charge in [-0.3, -0.25) is 0 Å². The minimum atomic E-state index is 0.319. The van der Waals surface area contributed by atoms with Crippen LogP contribution in [0.15, 0.2) is 66.7 Å². The summed E-state index contributed by atoms with van der Waals surface area (Å²) in [6, 6.07) is 23.1. The van der Waals surface area contributed by atoms with Crippen molar-refractivity contribution >= 4 is 0 Å². The van der Waals surface area contributed by atoms with Gasteiger partial charge in [0.05, 0.1) is 17.5 Å². The Kier molecular flexibility index (Phi) is 5.01. The fraction of sp³-hybridized carbons (Fsp3) is 0.269. The maximum Gasteiger partial charge on any atom is 0.140 e. The van der Waals surface area contributed by atoms with Crippen LogP contribution >= 0.6 is 0 Å². The van der Waals surface area contributed by atoms with Gasteiger partial charge in [-0.2, -0.15) is 0 Å². The summed E-state index contributed by atoms with van der Waals surface area (Å²) in [6.45, 7) is 6.15. The first-order valence-electron chi connectivity index (χ1n) is 10.7. The zero-order valence-corrected chi connectivity index (χ0v) is 17.6. The van der Waals surface area contributed by atoms with Gasteiger partial charge in [-0.1, -0.05) is 60.7 Å². The van der Waals surface area contributed by atoms with Crippen molar-refractivity contribution in [3.8, 4) is 33.9 Å². The second-order valence-electron chi connectivity index (χ2n) is 8.07. The maximum absolute atomic E-state index is 5.88. The van der Waals surface area contributed by atoms with E-state index in [9.17, 15) is 0 Å². The summed E-state index contributed by atoms with van der Waals surface area (Å²) in [4.78, 5) is 8.71. The highest BCUT2D eigenvalue weighted by Gasteiger charge is 2.22. The largest absolute Gasteiger partial charge is 0.376 e. The smallest absolute Gasteiger partial charge is 0.140 e. The molecule has 1 N–H and O–H groups in total. The van der Waals surface area contributed by atoms with Crippen LogP contribution in [-0.4, -0.2) is 27.2 Å². The molecular weight excluding hydrogens is 370 g/mol. The minimum Gasteiger partial charge on any atom is -0.376 e. The van der Waals surface area contributed by atoms with Gasteiger partial charge < -0.3 is 14.3 Å². The number of nitrogens with zero attached hydrogens (tertiary/aromatic N) is 2. The van der Waals surface area contributed by atoms with Crippen molar-refractivity contribution in [2.75, 3.05) is 6.61 Å². The first-order chi connectivity index (χ1) is 14.7. The van der Waals surface area contributed by atoms with Crippen molar-refractivity contribution in [3.05, 3.63) is 78.1 Å². The van der Waals surface area contributed by atoms with E-state index in [2.05, 4.69) is 78.0 Å². The highest BCUT2D eigenvalue weighted by molar-refractivity contribution is 5.81. The molecule has 0 spiro atoms. The van der Waals surface area contributed by atoms with Gasteiger partial charge in [0.1, 0.15) is 5.82 Å². The van der Waals surface area contributed by atoms with Crippen LogP contribution in [-0.2, 0) is 11.3 Å². The molecule has 1 aliphatic heterocycles. The average Bonchev–Trinajstić information content (AvgIpc) is 3.51. The van der Waals surface area contributed by atoms with E-state index in [0.29, 0.717) is 6.10 Å². The van der Waals surface area contributed by atoms with Gasteiger partial charge >= 0.3 is 0 Å². The highest BCUT2D eigenvalue weighted by atomic mass is 16.5. The molecule has 2 aromatic heterocycles. The molecule has 152 valence electrons. The number of benzene rings is 2. The SMILES string of the molecule is Cc1cc(-c2nc(-c3ccccc3)c(-c3ccccc3)[nH]2)c(C)n1C[C@H]1CCCO1. The highest BCUT2D eigenvalue weighted by Crippen LogP contribution is 2.35. The van der Waals surface area contributed by atoms with Crippen LogP contribution < -0.4 is 0 Å². The normalized spacial score (nSPS) is 16.3. The number of hydrogen-bond donors (Lipinski definition) is 1. The second kappa shape index (κ2) is 7.96. The van der Waals surface area contributed by atoms with Crippen molar-refractivity contribution < 1.29 is 4.74 Å². The summed E-state index contributed by atoms with van der Waals surface area (Å²) in [5.41, 5.74) is 7.94. The standard InChI is InChI=1S/C26H27N3O/c1-18-16-23(19(2)29(18)17-22-14-9-15-30-22)26-27-24(20-10-5-3-6-11-20)25(28-26)21-12-7-4-8-13-21/h3-8,10-13,16,22H,9,14-15,17H2,1-2H3,(H,27,28)/t22-/m1/s1. The molecule has 4 nitrogen and oxygen atoms in total. The summed E-state index contributed by atoms with van der Waals surface area (Å²) in [7, 11) is 0. The van der Waals surface area contributed by atoms with E-state index in [-0.39, 0.29) is 0 Å². The zero-order valence-electron chi connectivity index (χ0n) is 17.6. The molecule has 0 amide bonds. The third-order valence-corrected chi connectivity index (χ3v) is 6.05. The molecule has 1 aliphatic rings. The number of imidazole rings is 1. The van der Waals surface area contributed by atoms with Crippen LogP contribution in [0.25, 0.3) is 33.9 Å². The van der Waals surface area contributed by atoms with Gasteiger partial charge in [-0.25, -0.2) is 4.98 Å². The molecule has 4 aromatic rings. The lowest BCUT2D eigenvalue weighted by atomic mass is 10.1. The molecule has 4 heteroatoms. The van der Waals surface area contributed by atoms with Gasteiger partial charge in [0.2, 0.25) is 0 Å². The maximum atomic E-state index is 5.88. The molecule has 1 fully saturated rings. The van der Waals surface area contributed by atoms with E-state index in [1.807, 2.05) is 12.1 Å². The molecule has 0 aliphatic carbocycles. The van der Waals surface area contributed by atoms with Crippen molar-refractivity contribution in [2.24, 2.45) is 0 Å². The van der Waals surface area contributed by atoms with Gasteiger partial charge in [-0.15, -0.1) is 0 Å². The van der Waals surface area contributed by atoms with Crippen LogP contribution in [0.5, 0.6) is 0 Å². The number of nitrogens with one attached hydrogen (secondary N) is 1. The van der Waals surface area contributed by atoms with Gasteiger partial charge in [-0.05, 0) is 32.8 Å². The summed E-state index contributed by atoms with van der Waals surface area (Å²) < 4.78 is 8.25. The molecule has 0 bridgehead atoms. The number of aromatic amines is 1. The summed E-state index contributed by atoms with van der Waals surface area (Å²) in [5, 5.41) is 0. The lowest BCUT2D eigenvalue weighted by Crippen LogP contribution is -2.16. The van der Waals surface area contributed by atoms with E-state index >= 15 is 0 Å². The van der Waals surface area contributed by atoms with Crippen LogP contribution in [0.2, 0.25) is 0 Å². The molecule has 5 rings (SSSR count). The summed E-state index contributed by atoms with van der Waals surface area (Å²) in [6.07, 6.45) is 2.62. The second-order valence-corrected chi connectivity index (χ2v) is 8.07. The predicted molar refractivity (Wildman–Crippen MR) is 121 cm³/mol. The molecule has 1 atom stereocenters. The Bertz CT molecular complexity index is 1080. The third-order valence-electron chi connectivity index (χ3n) is 6.05. The Morgan fingerprint density at radius 2 is 1.70 bits per heavy atom. The molecular formula is C26H27N3O. The van der Waals surface area contributed by atoms with Crippen molar-refractivity contribution in [2.45, 2.75) is 39.3 Å². The van der Waals surface area contributed by atoms with Crippen LogP contribution in [0.1, 0.15) is 24.2 Å². The fourth-order valence-electron chi connectivity index (χ4n) is 4.43. The number of aromatic nitrogens is 3. The Hall–Kier alpha value is -3.11. The Labute approximate surface area is 177 Å². The Morgan fingerprint density at radius 3 is 2.37 bits per heavy atom. The van der Waals surface area contributed by atoms with Crippen LogP contribution in [0, 0.1) is 13.8 Å². The molecule has 30 heavy (non-hydrogen) atoms. The topological polar surface area (TPSA) is 42.8 Å². The summed E-state index contributed by atoms with van der Waals surface area (Å²) >= 11 is 0. The van der Waals surface area contributed by atoms with Gasteiger partial charge in [0.15, 0.2) is 0 Å². The average molecular weight is 398 g/mol. The van der Waals surface area contributed by atoms with E-state index < -0.39 is 0 Å². The van der Waals surface area contributed by atoms with Gasteiger partial charge in [0.25, 0.3) is 0 Å².